The Morgan fingerprint density at radius 2 is 2.24 bits per heavy atom. The van der Waals surface area contributed by atoms with Gasteiger partial charge in [-0.15, -0.1) is 0 Å². The van der Waals surface area contributed by atoms with E-state index in [0.29, 0.717) is 17.9 Å². The Hall–Kier alpha value is -1.20. The van der Waals surface area contributed by atoms with Crippen LogP contribution in [-0.2, 0) is 15.5 Å². The van der Waals surface area contributed by atoms with Gasteiger partial charge in [0, 0.05) is 23.9 Å². The highest BCUT2D eigenvalue weighted by molar-refractivity contribution is 7.85. The number of aromatic carboxylic acids is 1. The van der Waals surface area contributed by atoms with E-state index in [1.54, 1.807) is 19.2 Å². The molecule has 0 aliphatic rings. The fourth-order valence-electron chi connectivity index (χ4n) is 1.38. The third-order valence-electron chi connectivity index (χ3n) is 2.41. The second kappa shape index (κ2) is 6.51. The van der Waals surface area contributed by atoms with E-state index in [9.17, 15) is 9.00 Å². The molecule has 0 heterocycles. The van der Waals surface area contributed by atoms with Gasteiger partial charge in [0.1, 0.15) is 0 Å². The highest BCUT2D eigenvalue weighted by Crippen LogP contribution is 2.15. The summed E-state index contributed by atoms with van der Waals surface area (Å²) in [6.07, 6.45) is 0.681. The van der Waals surface area contributed by atoms with E-state index in [1.165, 1.54) is 12.1 Å². The zero-order valence-electron chi connectivity index (χ0n) is 9.88. The SMILES string of the molecule is COCCC(C)S(=O)c1cccc(C(=O)O)c1. The van der Waals surface area contributed by atoms with Crippen molar-refractivity contribution in [3.63, 3.8) is 0 Å². The summed E-state index contributed by atoms with van der Waals surface area (Å²) in [5.74, 6) is -1.01. The molecule has 2 atom stereocenters. The summed E-state index contributed by atoms with van der Waals surface area (Å²) in [7, 11) is 0.398. The molecule has 0 aromatic heterocycles. The number of hydrogen-bond acceptors (Lipinski definition) is 3. The van der Waals surface area contributed by atoms with Crippen LogP contribution in [0.4, 0.5) is 0 Å². The van der Waals surface area contributed by atoms with E-state index in [4.69, 9.17) is 9.84 Å². The lowest BCUT2D eigenvalue weighted by Gasteiger charge is -2.11. The van der Waals surface area contributed by atoms with Crippen molar-refractivity contribution >= 4 is 16.8 Å². The van der Waals surface area contributed by atoms with Gasteiger partial charge in [-0.2, -0.15) is 0 Å². The van der Waals surface area contributed by atoms with Crippen LogP contribution in [0.1, 0.15) is 23.7 Å². The molecular weight excluding hydrogens is 240 g/mol. The number of carbonyl (C=O) groups is 1. The lowest BCUT2D eigenvalue weighted by Crippen LogP contribution is -2.14. The summed E-state index contributed by atoms with van der Waals surface area (Å²) in [5.41, 5.74) is 0.162. The maximum absolute atomic E-state index is 12.1. The number of carboxylic acid groups (broad SMARTS) is 1. The average molecular weight is 256 g/mol. The summed E-state index contributed by atoms with van der Waals surface area (Å²) in [5, 5.41) is 8.80. The predicted octanol–water partition coefficient (Wildman–Crippen LogP) is 1.92. The van der Waals surface area contributed by atoms with E-state index in [0.717, 1.165) is 0 Å². The normalized spacial score (nSPS) is 14.2. The molecule has 1 aromatic carbocycles. The molecule has 4 nitrogen and oxygen atoms in total. The fraction of sp³-hybridized carbons (Fsp3) is 0.417. The maximum atomic E-state index is 12.1. The Balaban J connectivity index is 2.81. The van der Waals surface area contributed by atoms with Gasteiger partial charge in [0.25, 0.3) is 0 Å². The molecule has 0 amide bonds. The van der Waals surface area contributed by atoms with Crippen LogP contribution < -0.4 is 0 Å². The van der Waals surface area contributed by atoms with Gasteiger partial charge in [0.2, 0.25) is 0 Å². The zero-order valence-corrected chi connectivity index (χ0v) is 10.7. The number of hydrogen-bond donors (Lipinski definition) is 1. The molecule has 2 unspecified atom stereocenters. The van der Waals surface area contributed by atoms with Crippen LogP contribution >= 0.6 is 0 Å². The van der Waals surface area contributed by atoms with Crippen molar-refractivity contribution in [2.45, 2.75) is 23.5 Å². The minimum atomic E-state index is -1.20. The van der Waals surface area contributed by atoms with E-state index in [1.807, 2.05) is 6.92 Å². The lowest BCUT2D eigenvalue weighted by atomic mass is 10.2. The van der Waals surface area contributed by atoms with Gasteiger partial charge in [-0.05, 0) is 24.6 Å². The first-order valence-electron chi connectivity index (χ1n) is 5.29. The van der Waals surface area contributed by atoms with Gasteiger partial charge in [-0.3, -0.25) is 4.21 Å². The summed E-state index contributed by atoms with van der Waals surface area (Å²) in [4.78, 5) is 11.3. The van der Waals surface area contributed by atoms with Crippen molar-refractivity contribution in [3.05, 3.63) is 29.8 Å². The molecule has 1 aromatic rings. The Morgan fingerprint density at radius 1 is 1.53 bits per heavy atom. The van der Waals surface area contributed by atoms with E-state index in [2.05, 4.69) is 0 Å². The molecule has 0 saturated carbocycles. The molecule has 0 radical (unpaired) electrons. The number of carboxylic acids is 1. The number of rotatable bonds is 6. The van der Waals surface area contributed by atoms with Gasteiger partial charge < -0.3 is 9.84 Å². The van der Waals surface area contributed by atoms with Gasteiger partial charge in [0.05, 0.1) is 16.4 Å². The van der Waals surface area contributed by atoms with Gasteiger partial charge in [-0.25, -0.2) is 4.79 Å². The maximum Gasteiger partial charge on any atom is 0.335 e. The highest BCUT2D eigenvalue weighted by Gasteiger charge is 2.14. The molecule has 1 N–H and O–H groups in total. The predicted molar refractivity (Wildman–Crippen MR) is 65.8 cm³/mol. The molecule has 0 aliphatic heterocycles. The number of benzene rings is 1. The minimum Gasteiger partial charge on any atom is -0.478 e. The van der Waals surface area contributed by atoms with Crippen molar-refractivity contribution in [1.29, 1.82) is 0 Å². The van der Waals surface area contributed by atoms with E-state index in [-0.39, 0.29) is 10.8 Å². The summed E-state index contributed by atoms with van der Waals surface area (Å²) >= 11 is 0. The van der Waals surface area contributed by atoms with Crippen molar-refractivity contribution in [2.24, 2.45) is 0 Å². The summed E-state index contributed by atoms with van der Waals surface area (Å²) in [6.45, 7) is 2.41. The van der Waals surface area contributed by atoms with Crippen LogP contribution in [0.2, 0.25) is 0 Å². The van der Waals surface area contributed by atoms with Crippen LogP contribution in [0.25, 0.3) is 0 Å². The standard InChI is InChI=1S/C12H16O4S/c1-9(6-7-16-2)17(15)11-5-3-4-10(8-11)12(13)14/h3-5,8-9H,6-7H2,1-2H3,(H,13,14). The molecular formula is C12H16O4S. The van der Waals surface area contributed by atoms with Crippen LogP contribution in [-0.4, -0.2) is 34.3 Å². The van der Waals surface area contributed by atoms with Gasteiger partial charge in [-0.1, -0.05) is 13.0 Å². The van der Waals surface area contributed by atoms with Crippen LogP contribution in [0.5, 0.6) is 0 Å². The molecule has 0 bridgehead atoms. The topological polar surface area (TPSA) is 63.6 Å². The summed E-state index contributed by atoms with van der Waals surface area (Å²) < 4.78 is 17.0. The zero-order chi connectivity index (χ0) is 12.8. The number of methoxy groups -OCH3 is 1. The molecule has 17 heavy (non-hydrogen) atoms. The lowest BCUT2D eigenvalue weighted by molar-refractivity contribution is 0.0696. The fourth-order valence-corrected chi connectivity index (χ4v) is 2.61. The monoisotopic (exact) mass is 256 g/mol. The summed E-state index contributed by atoms with van der Waals surface area (Å²) in [6, 6.07) is 6.25. The first kappa shape index (κ1) is 13.9. The van der Waals surface area contributed by atoms with Gasteiger partial charge in [0.15, 0.2) is 0 Å². The molecule has 0 spiro atoms. The van der Waals surface area contributed by atoms with E-state index < -0.39 is 16.8 Å². The van der Waals surface area contributed by atoms with Crippen molar-refractivity contribution in [3.8, 4) is 0 Å². The van der Waals surface area contributed by atoms with Crippen LogP contribution in [0, 0.1) is 0 Å². The third-order valence-corrected chi connectivity index (χ3v) is 4.09. The molecule has 1 rings (SSSR count). The quantitative estimate of drug-likeness (QED) is 0.844. The molecule has 0 aliphatic carbocycles. The third kappa shape index (κ3) is 3.94. The Bertz CT molecular complexity index is 417. The largest absolute Gasteiger partial charge is 0.478 e. The van der Waals surface area contributed by atoms with Gasteiger partial charge >= 0.3 is 5.97 Å². The smallest absolute Gasteiger partial charge is 0.335 e. The first-order valence-corrected chi connectivity index (χ1v) is 6.50. The molecule has 5 heteroatoms. The second-order valence-electron chi connectivity index (χ2n) is 3.72. The Kier molecular flexibility index (Phi) is 5.31. The first-order chi connectivity index (χ1) is 8.06. The molecule has 0 fully saturated rings. The van der Waals surface area contributed by atoms with Crippen molar-refractivity contribution < 1.29 is 18.8 Å². The molecule has 0 saturated heterocycles. The number of ether oxygens (including phenoxy) is 1. The minimum absolute atomic E-state index is 0.0565. The van der Waals surface area contributed by atoms with Crippen LogP contribution in [0.3, 0.4) is 0 Å². The average Bonchev–Trinajstić information content (AvgIpc) is 2.35. The van der Waals surface area contributed by atoms with Crippen molar-refractivity contribution in [1.82, 2.24) is 0 Å². The Morgan fingerprint density at radius 3 is 2.82 bits per heavy atom. The second-order valence-corrected chi connectivity index (χ2v) is 5.59. The highest BCUT2D eigenvalue weighted by atomic mass is 32.2. The van der Waals surface area contributed by atoms with Crippen LogP contribution in [0.15, 0.2) is 29.2 Å². The molecule has 94 valence electrons. The Labute approximate surface area is 103 Å². The van der Waals surface area contributed by atoms with E-state index >= 15 is 0 Å². The van der Waals surface area contributed by atoms with Crippen molar-refractivity contribution in [2.75, 3.05) is 13.7 Å².